The first-order chi connectivity index (χ1) is 12.1. The Hall–Kier alpha value is -1.13. The van der Waals surface area contributed by atoms with Gasteiger partial charge in [0.1, 0.15) is 0 Å². The van der Waals surface area contributed by atoms with Gasteiger partial charge in [-0.3, -0.25) is 4.98 Å². The maximum atomic E-state index is 6.50. The Balaban J connectivity index is 2.04. The Bertz CT molecular complexity index is 713. The first kappa shape index (κ1) is 18.7. The van der Waals surface area contributed by atoms with Crippen molar-refractivity contribution in [3.05, 3.63) is 63.9 Å². The lowest BCUT2D eigenvalue weighted by molar-refractivity contribution is -0.292. The predicted octanol–water partition coefficient (Wildman–Crippen LogP) is 5.83. The quantitative estimate of drug-likeness (QED) is 0.654. The van der Waals surface area contributed by atoms with Crippen LogP contribution in [-0.4, -0.2) is 18.2 Å². The van der Waals surface area contributed by atoms with Crippen molar-refractivity contribution in [2.45, 2.75) is 38.9 Å². The van der Waals surface area contributed by atoms with E-state index in [0.717, 1.165) is 30.4 Å². The Kier molecular flexibility index (Phi) is 5.69. The van der Waals surface area contributed by atoms with Crippen molar-refractivity contribution in [2.24, 2.45) is 5.41 Å². The molecular weight excluding hydrogens is 357 g/mol. The number of hydrogen-bond acceptors (Lipinski definition) is 3. The summed E-state index contributed by atoms with van der Waals surface area (Å²) >= 11 is 12.6. The molecule has 1 saturated heterocycles. The molecule has 2 heterocycles. The molecule has 2 aromatic rings. The number of pyridine rings is 1. The Morgan fingerprint density at radius 1 is 1.12 bits per heavy atom. The summed E-state index contributed by atoms with van der Waals surface area (Å²) in [6.07, 6.45) is 6.68. The highest BCUT2D eigenvalue weighted by Crippen LogP contribution is 2.46. The van der Waals surface area contributed by atoms with Gasteiger partial charge in [-0.05, 0) is 31.0 Å². The molecule has 0 atom stereocenters. The van der Waals surface area contributed by atoms with Crippen molar-refractivity contribution in [1.82, 2.24) is 4.98 Å². The maximum Gasteiger partial charge on any atom is 0.225 e. The molecule has 0 spiro atoms. The fraction of sp³-hybridized carbons (Fsp3) is 0.450. The highest BCUT2D eigenvalue weighted by Gasteiger charge is 2.47. The third kappa shape index (κ3) is 3.56. The lowest BCUT2D eigenvalue weighted by atomic mass is 9.81. The molecule has 0 bridgehead atoms. The monoisotopic (exact) mass is 379 g/mol. The van der Waals surface area contributed by atoms with Crippen molar-refractivity contribution in [3.63, 3.8) is 0 Å². The van der Waals surface area contributed by atoms with Gasteiger partial charge in [0.15, 0.2) is 0 Å². The second kappa shape index (κ2) is 7.63. The number of aromatic nitrogens is 1. The first-order valence-electron chi connectivity index (χ1n) is 8.69. The minimum absolute atomic E-state index is 0.0410. The fourth-order valence-electron chi connectivity index (χ4n) is 3.44. The van der Waals surface area contributed by atoms with E-state index < -0.39 is 5.79 Å². The Labute approximate surface area is 159 Å². The van der Waals surface area contributed by atoms with E-state index in [4.69, 9.17) is 32.7 Å². The fourth-order valence-corrected chi connectivity index (χ4v) is 3.97. The van der Waals surface area contributed by atoms with Gasteiger partial charge in [0.05, 0.1) is 18.2 Å². The summed E-state index contributed by atoms with van der Waals surface area (Å²) in [6.45, 7) is 5.61. The predicted molar refractivity (Wildman–Crippen MR) is 101 cm³/mol. The number of ether oxygens (including phenoxy) is 2. The van der Waals surface area contributed by atoms with E-state index in [0.29, 0.717) is 23.3 Å². The SMILES string of the molecule is CCCC1(CC)COC(c2cccnc2)(c2ccc(Cl)cc2Cl)OC1. The molecule has 0 saturated carbocycles. The zero-order valence-corrected chi connectivity index (χ0v) is 16.1. The number of nitrogens with zero attached hydrogens (tertiary/aromatic N) is 1. The standard InChI is InChI=1S/C20H23Cl2NO2/c1-3-9-19(4-2)13-24-20(25-14-19,15-6-5-10-23-12-15)17-8-7-16(21)11-18(17)22/h5-8,10-12H,3-4,9,13-14H2,1-2H3. The van der Waals surface area contributed by atoms with Crippen LogP contribution in [0.15, 0.2) is 42.7 Å². The molecule has 1 fully saturated rings. The van der Waals surface area contributed by atoms with Crippen LogP contribution in [-0.2, 0) is 15.3 Å². The van der Waals surface area contributed by atoms with Gasteiger partial charge in [-0.1, -0.05) is 55.6 Å². The second-order valence-corrected chi connectivity index (χ2v) is 7.51. The normalized spacial score (nSPS) is 26.6. The van der Waals surface area contributed by atoms with E-state index >= 15 is 0 Å². The van der Waals surface area contributed by atoms with Crippen molar-refractivity contribution < 1.29 is 9.47 Å². The topological polar surface area (TPSA) is 31.4 Å². The molecule has 0 N–H and O–H groups in total. The zero-order valence-electron chi connectivity index (χ0n) is 14.6. The lowest BCUT2D eigenvalue weighted by Gasteiger charge is -2.46. The number of benzene rings is 1. The van der Waals surface area contributed by atoms with Crippen LogP contribution in [0, 0.1) is 5.41 Å². The van der Waals surface area contributed by atoms with Crippen LogP contribution in [0.25, 0.3) is 0 Å². The summed E-state index contributed by atoms with van der Waals surface area (Å²) in [7, 11) is 0. The first-order valence-corrected chi connectivity index (χ1v) is 9.45. The summed E-state index contributed by atoms with van der Waals surface area (Å²) in [6, 6.07) is 9.23. The molecule has 3 nitrogen and oxygen atoms in total. The van der Waals surface area contributed by atoms with E-state index in [9.17, 15) is 0 Å². The molecule has 134 valence electrons. The van der Waals surface area contributed by atoms with E-state index in [1.165, 1.54) is 0 Å². The van der Waals surface area contributed by atoms with Crippen molar-refractivity contribution >= 4 is 23.2 Å². The molecule has 5 heteroatoms. The van der Waals surface area contributed by atoms with Crippen molar-refractivity contribution in [2.75, 3.05) is 13.2 Å². The van der Waals surface area contributed by atoms with Gasteiger partial charge in [-0.2, -0.15) is 0 Å². The van der Waals surface area contributed by atoms with E-state index in [2.05, 4.69) is 18.8 Å². The molecule has 1 aromatic carbocycles. The van der Waals surface area contributed by atoms with Crippen LogP contribution in [0.5, 0.6) is 0 Å². The van der Waals surface area contributed by atoms with E-state index in [-0.39, 0.29) is 5.41 Å². The maximum absolute atomic E-state index is 6.50. The molecule has 1 aliphatic heterocycles. The van der Waals surface area contributed by atoms with Gasteiger partial charge in [-0.15, -0.1) is 0 Å². The van der Waals surface area contributed by atoms with E-state index in [1.54, 1.807) is 24.5 Å². The summed E-state index contributed by atoms with van der Waals surface area (Å²) in [4.78, 5) is 4.24. The highest BCUT2D eigenvalue weighted by molar-refractivity contribution is 6.35. The van der Waals surface area contributed by atoms with Crippen LogP contribution in [0.1, 0.15) is 44.2 Å². The number of halogens is 2. The summed E-state index contributed by atoms with van der Waals surface area (Å²) in [5.41, 5.74) is 1.63. The average Bonchev–Trinajstić information content (AvgIpc) is 2.64. The molecule has 1 aliphatic rings. The third-order valence-corrected chi connectivity index (χ3v) is 5.57. The van der Waals surface area contributed by atoms with Crippen LogP contribution in [0.2, 0.25) is 10.0 Å². The molecule has 0 aliphatic carbocycles. The molecule has 1 aromatic heterocycles. The summed E-state index contributed by atoms with van der Waals surface area (Å²) in [5, 5.41) is 1.11. The molecular formula is C20H23Cl2NO2. The molecule has 0 amide bonds. The van der Waals surface area contributed by atoms with Crippen molar-refractivity contribution in [3.8, 4) is 0 Å². The smallest absolute Gasteiger partial charge is 0.225 e. The second-order valence-electron chi connectivity index (χ2n) is 6.66. The molecule has 3 rings (SSSR count). The van der Waals surface area contributed by atoms with Gasteiger partial charge in [-0.25, -0.2) is 0 Å². The van der Waals surface area contributed by atoms with Crippen LogP contribution < -0.4 is 0 Å². The molecule has 0 radical (unpaired) electrons. The van der Waals surface area contributed by atoms with Gasteiger partial charge >= 0.3 is 0 Å². The number of hydrogen-bond donors (Lipinski definition) is 0. The van der Waals surface area contributed by atoms with Crippen LogP contribution in [0.4, 0.5) is 0 Å². The van der Waals surface area contributed by atoms with Gasteiger partial charge in [0, 0.05) is 34.0 Å². The van der Waals surface area contributed by atoms with Crippen molar-refractivity contribution in [1.29, 1.82) is 0 Å². The third-order valence-electron chi connectivity index (χ3n) is 5.02. The van der Waals surface area contributed by atoms with E-state index in [1.807, 2.05) is 18.2 Å². The van der Waals surface area contributed by atoms with Gasteiger partial charge < -0.3 is 9.47 Å². The van der Waals surface area contributed by atoms with Gasteiger partial charge in [0.25, 0.3) is 0 Å². The Morgan fingerprint density at radius 2 is 1.88 bits per heavy atom. The van der Waals surface area contributed by atoms with Crippen LogP contribution in [0.3, 0.4) is 0 Å². The average molecular weight is 380 g/mol. The lowest BCUT2D eigenvalue weighted by Crippen LogP contribution is -2.48. The summed E-state index contributed by atoms with van der Waals surface area (Å²) < 4.78 is 12.9. The largest absolute Gasteiger partial charge is 0.341 e. The minimum atomic E-state index is -1.05. The number of rotatable bonds is 5. The molecule has 0 unspecified atom stereocenters. The summed E-state index contributed by atoms with van der Waals surface area (Å²) in [5.74, 6) is -1.05. The highest BCUT2D eigenvalue weighted by atomic mass is 35.5. The molecule has 25 heavy (non-hydrogen) atoms. The van der Waals surface area contributed by atoms with Crippen LogP contribution >= 0.6 is 23.2 Å². The Morgan fingerprint density at radius 3 is 2.44 bits per heavy atom. The zero-order chi connectivity index (χ0) is 17.9. The minimum Gasteiger partial charge on any atom is -0.341 e. The van der Waals surface area contributed by atoms with Gasteiger partial charge in [0.2, 0.25) is 5.79 Å².